The van der Waals surface area contributed by atoms with Gasteiger partial charge in [0.2, 0.25) is 10.0 Å². The number of nitrogens with zero attached hydrogens (tertiary/aromatic N) is 6. The molecule has 1 aliphatic heterocycles. The number of aromatic nitrogens is 2. The fraction of sp³-hybridized carbons (Fsp3) is 0.333. The highest BCUT2D eigenvalue weighted by atomic mass is 32.2. The number of nitro benzene ring substituents is 2. The zero-order valence-corrected chi connectivity index (χ0v) is 23.1. The van der Waals surface area contributed by atoms with Crippen LogP contribution in [0.2, 0.25) is 0 Å². The maximum Gasteiger partial charge on any atom is 0.283 e. The van der Waals surface area contributed by atoms with Crippen LogP contribution in [0.5, 0.6) is 0 Å². The predicted molar refractivity (Wildman–Crippen MR) is 146 cm³/mol. The highest BCUT2D eigenvalue weighted by Gasteiger charge is 2.36. The van der Waals surface area contributed by atoms with E-state index in [4.69, 9.17) is 0 Å². The third-order valence-corrected chi connectivity index (χ3v) is 9.80. The molecule has 13 nitrogen and oxygen atoms in total. The van der Waals surface area contributed by atoms with Gasteiger partial charge in [-0.15, -0.1) is 0 Å². The van der Waals surface area contributed by atoms with Crippen molar-refractivity contribution in [3.63, 3.8) is 0 Å². The summed E-state index contributed by atoms with van der Waals surface area (Å²) in [6.45, 7) is 4.11. The third kappa shape index (κ3) is 6.10. The van der Waals surface area contributed by atoms with E-state index in [1.807, 2.05) is 13.8 Å². The Morgan fingerprint density at radius 2 is 1.92 bits per heavy atom. The summed E-state index contributed by atoms with van der Waals surface area (Å²) in [5.41, 5.74) is 2.60. The lowest BCUT2D eigenvalue weighted by Gasteiger charge is -2.37. The molecule has 0 unspecified atom stereocenters. The first-order valence-corrected chi connectivity index (χ1v) is 14.3. The molecule has 0 saturated carbocycles. The summed E-state index contributed by atoms with van der Waals surface area (Å²) < 4.78 is 30.3. The molecule has 206 valence electrons. The molecule has 39 heavy (non-hydrogen) atoms. The molecule has 0 aliphatic carbocycles. The van der Waals surface area contributed by atoms with Crippen molar-refractivity contribution in [2.75, 3.05) is 12.0 Å². The standard InChI is InChI=1S/C24H27N7O6S2/c1-16-5-4-11-29(17(16)2)39(36,37)23-14-19(30(32)33)7-8-20(23)27-26-15-18-6-9-22(21(13-18)31(34)35)38-24-25-10-12-28(24)3/h6-10,12-17,27H,4-5,11H2,1-3H3/b26-15-/t16-,17+/m0/s1. The Hall–Kier alpha value is -3.82. The van der Waals surface area contributed by atoms with Crippen LogP contribution in [0, 0.1) is 26.1 Å². The van der Waals surface area contributed by atoms with Gasteiger partial charge in [0, 0.05) is 55.8 Å². The Labute approximate surface area is 229 Å². The van der Waals surface area contributed by atoms with E-state index < -0.39 is 19.9 Å². The molecule has 1 aliphatic rings. The molecule has 1 fully saturated rings. The highest BCUT2D eigenvalue weighted by molar-refractivity contribution is 7.99. The molecule has 0 spiro atoms. The van der Waals surface area contributed by atoms with Crippen LogP contribution in [0.25, 0.3) is 0 Å². The van der Waals surface area contributed by atoms with Gasteiger partial charge >= 0.3 is 0 Å². The molecule has 0 amide bonds. The van der Waals surface area contributed by atoms with Crippen molar-refractivity contribution in [2.24, 2.45) is 18.1 Å². The number of anilines is 1. The van der Waals surface area contributed by atoms with Gasteiger partial charge in [0.05, 0.1) is 26.6 Å². The van der Waals surface area contributed by atoms with Crippen molar-refractivity contribution in [1.82, 2.24) is 13.9 Å². The number of imidazole rings is 1. The number of piperidine rings is 1. The van der Waals surface area contributed by atoms with Gasteiger partial charge < -0.3 is 4.57 Å². The average molecular weight is 574 g/mol. The third-order valence-electron chi connectivity index (χ3n) is 6.63. The van der Waals surface area contributed by atoms with Gasteiger partial charge in [0.15, 0.2) is 5.16 Å². The van der Waals surface area contributed by atoms with Gasteiger partial charge in [0.25, 0.3) is 11.4 Å². The number of aryl methyl sites for hydroxylation is 1. The first kappa shape index (κ1) is 28.2. The van der Waals surface area contributed by atoms with Gasteiger partial charge in [-0.05, 0) is 49.6 Å². The molecule has 1 N–H and O–H groups in total. The summed E-state index contributed by atoms with van der Waals surface area (Å²) in [5, 5.41) is 27.8. The molecular formula is C24H27N7O6S2. The summed E-state index contributed by atoms with van der Waals surface area (Å²) >= 11 is 1.15. The minimum atomic E-state index is -4.09. The number of rotatable bonds is 9. The lowest BCUT2D eigenvalue weighted by atomic mass is 9.94. The van der Waals surface area contributed by atoms with Gasteiger partial charge in [-0.2, -0.15) is 9.41 Å². The van der Waals surface area contributed by atoms with Crippen molar-refractivity contribution >= 4 is 45.1 Å². The largest absolute Gasteiger partial charge is 0.329 e. The molecule has 2 atom stereocenters. The van der Waals surface area contributed by atoms with Crippen LogP contribution in [-0.4, -0.2) is 50.9 Å². The van der Waals surface area contributed by atoms with E-state index in [9.17, 15) is 28.6 Å². The van der Waals surface area contributed by atoms with Crippen molar-refractivity contribution in [3.8, 4) is 0 Å². The molecule has 2 heterocycles. The fourth-order valence-corrected chi connectivity index (χ4v) is 7.08. The Morgan fingerprint density at radius 1 is 1.15 bits per heavy atom. The molecular weight excluding hydrogens is 546 g/mol. The van der Waals surface area contributed by atoms with Crippen LogP contribution in [0.1, 0.15) is 32.3 Å². The second kappa shape index (κ2) is 11.5. The van der Waals surface area contributed by atoms with Crippen molar-refractivity contribution in [2.45, 2.75) is 47.7 Å². The lowest BCUT2D eigenvalue weighted by Crippen LogP contribution is -2.46. The number of hydrogen-bond donors (Lipinski definition) is 1. The monoisotopic (exact) mass is 573 g/mol. The Kier molecular flexibility index (Phi) is 8.32. The lowest BCUT2D eigenvalue weighted by molar-refractivity contribution is -0.387. The summed E-state index contributed by atoms with van der Waals surface area (Å²) in [5.74, 6) is 0.135. The maximum atomic E-state index is 13.6. The predicted octanol–water partition coefficient (Wildman–Crippen LogP) is 4.64. The number of nitrogens with one attached hydrogen (secondary N) is 1. The first-order chi connectivity index (χ1) is 18.5. The molecule has 1 saturated heterocycles. The summed E-state index contributed by atoms with van der Waals surface area (Å²) in [4.78, 5) is 26.3. The fourth-order valence-electron chi connectivity index (χ4n) is 4.26. The van der Waals surface area contributed by atoms with Crippen LogP contribution in [0.4, 0.5) is 17.1 Å². The molecule has 0 bridgehead atoms. The van der Waals surface area contributed by atoms with E-state index in [0.29, 0.717) is 28.6 Å². The van der Waals surface area contributed by atoms with E-state index in [0.717, 1.165) is 24.2 Å². The Morgan fingerprint density at radius 3 is 2.59 bits per heavy atom. The van der Waals surface area contributed by atoms with Crippen LogP contribution in [-0.2, 0) is 17.1 Å². The minimum absolute atomic E-state index is 0.0544. The molecule has 2 aromatic carbocycles. The molecule has 3 aromatic rings. The highest BCUT2D eigenvalue weighted by Crippen LogP contribution is 2.35. The maximum absolute atomic E-state index is 13.6. The molecule has 1 aromatic heterocycles. The Balaban J connectivity index is 1.62. The topological polar surface area (TPSA) is 166 Å². The normalized spacial score (nSPS) is 18.3. The second-order valence-electron chi connectivity index (χ2n) is 9.19. The quantitative estimate of drug-likeness (QED) is 0.218. The molecule has 15 heteroatoms. The second-order valence-corrected chi connectivity index (χ2v) is 12.1. The van der Waals surface area contributed by atoms with E-state index in [1.165, 1.54) is 28.7 Å². The summed E-state index contributed by atoms with van der Waals surface area (Å²) in [6, 6.07) is 7.78. The van der Waals surface area contributed by atoms with Crippen LogP contribution in [0.15, 0.2) is 68.8 Å². The van der Waals surface area contributed by atoms with Crippen LogP contribution in [0.3, 0.4) is 0 Å². The smallest absolute Gasteiger partial charge is 0.283 e. The number of nitro groups is 2. The summed E-state index contributed by atoms with van der Waals surface area (Å²) in [7, 11) is -2.30. The zero-order valence-electron chi connectivity index (χ0n) is 21.4. The Bertz CT molecular complexity index is 1540. The SMILES string of the molecule is C[C@@H]1[C@@H](C)CCCN1S(=O)(=O)c1cc([N+](=O)[O-])ccc1N/N=C\c1ccc(Sc2nccn2C)c([N+](=O)[O-])c1. The molecule has 4 rings (SSSR count). The average Bonchev–Trinajstić information content (AvgIpc) is 3.30. The van der Waals surface area contributed by atoms with Gasteiger partial charge in [-0.1, -0.05) is 13.0 Å². The number of sulfonamides is 1. The van der Waals surface area contributed by atoms with Crippen LogP contribution < -0.4 is 5.43 Å². The van der Waals surface area contributed by atoms with E-state index in [2.05, 4.69) is 15.5 Å². The summed E-state index contributed by atoms with van der Waals surface area (Å²) in [6.07, 6.45) is 6.22. The number of hydrazone groups is 1. The van der Waals surface area contributed by atoms with E-state index in [-0.39, 0.29) is 33.9 Å². The number of non-ortho nitro benzene ring substituents is 1. The van der Waals surface area contributed by atoms with E-state index in [1.54, 1.807) is 36.1 Å². The minimum Gasteiger partial charge on any atom is -0.329 e. The zero-order chi connectivity index (χ0) is 28.3. The first-order valence-electron chi connectivity index (χ1n) is 12.0. The van der Waals surface area contributed by atoms with Gasteiger partial charge in [0.1, 0.15) is 4.90 Å². The van der Waals surface area contributed by atoms with E-state index >= 15 is 0 Å². The number of hydrogen-bond acceptors (Lipinski definition) is 10. The van der Waals surface area contributed by atoms with Gasteiger partial charge in [-0.25, -0.2) is 13.4 Å². The van der Waals surface area contributed by atoms with Crippen LogP contribution >= 0.6 is 11.8 Å². The number of benzene rings is 2. The van der Waals surface area contributed by atoms with Crippen molar-refractivity contribution in [1.29, 1.82) is 0 Å². The van der Waals surface area contributed by atoms with Crippen molar-refractivity contribution < 1.29 is 18.3 Å². The van der Waals surface area contributed by atoms with Gasteiger partial charge in [-0.3, -0.25) is 25.7 Å². The van der Waals surface area contributed by atoms with Crippen molar-refractivity contribution in [3.05, 3.63) is 74.6 Å². The molecule has 0 radical (unpaired) electrons.